The number of piperidine rings is 1. The molecule has 3 aliphatic rings. The van der Waals surface area contributed by atoms with Crippen LogP contribution in [0.15, 0.2) is 54.6 Å². The van der Waals surface area contributed by atoms with E-state index in [9.17, 15) is 21.6 Å². The summed E-state index contributed by atoms with van der Waals surface area (Å²) in [6.45, 7) is 0.521. The van der Waals surface area contributed by atoms with E-state index >= 15 is 4.39 Å². The average molecular weight is 588 g/mol. The van der Waals surface area contributed by atoms with Crippen molar-refractivity contribution >= 4 is 42.6 Å². The van der Waals surface area contributed by atoms with Gasteiger partial charge in [-0.2, -0.15) is 8.42 Å². The average Bonchev–Trinajstić information content (AvgIpc) is 3.75. The Morgan fingerprint density at radius 1 is 0.975 bits per heavy atom. The molecule has 212 valence electrons. The first kappa shape index (κ1) is 27.0. The van der Waals surface area contributed by atoms with Crippen molar-refractivity contribution < 1.29 is 30.8 Å². The van der Waals surface area contributed by atoms with Crippen LogP contribution in [-0.2, 0) is 38.1 Å². The van der Waals surface area contributed by atoms with E-state index in [1.807, 2.05) is 41.1 Å². The highest BCUT2D eigenvalue weighted by atomic mass is 32.2. The standard InChI is InChI=1S/C28H30FN3O6S2/c29-27-24-15-21(14-19-10-12-31(13-11-19)39(34,35)23-8-9-23)6-7-22(24)16-25(38-18-20-4-2-1-3-5-20)28(27)32-17-26(33)30-40(32,36)37/h1-7,15-16,19,23H,8-14,17-18H2,(H,30,33). The van der Waals surface area contributed by atoms with Crippen LogP contribution >= 0.6 is 0 Å². The molecule has 0 atom stereocenters. The second-order valence-electron chi connectivity index (χ2n) is 10.7. The van der Waals surface area contributed by atoms with Gasteiger partial charge in [0, 0.05) is 18.5 Å². The lowest BCUT2D eigenvalue weighted by Crippen LogP contribution is -2.40. The summed E-state index contributed by atoms with van der Waals surface area (Å²) >= 11 is 0. The molecule has 12 heteroatoms. The highest BCUT2D eigenvalue weighted by Gasteiger charge is 2.41. The maximum absolute atomic E-state index is 16.2. The van der Waals surface area contributed by atoms with Crippen molar-refractivity contribution in [1.82, 2.24) is 9.03 Å². The fraction of sp³-hybridized carbons (Fsp3) is 0.393. The molecule has 40 heavy (non-hydrogen) atoms. The third-order valence-corrected chi connectivity index (χ3v) is 11.6. The molecule has 0 unspecified atom stereocenters. The largest absolute Gasteiger partial charge is 0.487 e. The molecular formula is C28H30FN3O6S2. The number of rotatable bonds is 8. The summed E-state index contributed by atoms with van der Waals surface area (Å²) in [5.74, 6) is -1.27. The third kappa shape index (κ3) is 5.27. The number of nitrogens with zero attached hydrogens (tertiary/aromatic N) is 2. The topological polar surface area (TPSA) is 113 Å². The Bertz CT molecular complexity index is 1670. The Balaban J connectivity index is 1.28. The number of halogens is 1. The van der Waals surface area contributed by atoms with E-state index in [2.05, 4.69) is 0 Å². The van der Waals surface area contributed by atoms with Gasteiger partial charge in [-0.25, -0.2) is 26.1 Å². The molecule has 1 saturated carbocycles. The zero-order valence-corrected chi connectivity index (χ0v) is 23.4. The van der Waals surface area contributed by atoms with Crippen LogP contribution in [0.3, 0.4) is 0 Å². The number of fused-ring (bicyclic) bond motifs is 1. The van der Waals surface area contributed by atoms with Crippen LogP contribution in [0.4, 0.5) is 10.1 Å². The van der Waals surface area contributed by atoms with Gasteiger partial charge in [0.15, 0.2) is 5.82 Å². The molecular weight excluding hydrogens is 557 g/mol. The molecule has 3 fully saturated rings. The van der Waals surface area contributed by atoms with Gasteiger partial charge in [-0.05, 0) is 66.7 Å². The monoisotopic (exact) mass is 587 g/mol. The number of anilines is 1. The fourth-order valence-corrected chi connectivity index (χ4v) is 8.53. The van der Waals surface area contributed by atoms with Crippen molar-refractivity contribution in [3.63, 3.8) is 0 Å². The lowest BCUT2D eigenvalue weighted by molar-refractivity contribution is -0.117. The van der Waals surface area contributed by atoms with E-state index in [0.717, 1.165) is 36.8 Å². The number of hydrogen-bond donors (Lipinski definition) is 1. The van der Waals surface area contributed by atoms with Crippen molar-refractivity contribution in [2.24, 2.45) is 5.92 Å². The molecule has 0 bridgehead atoms. The molecule has 2 aliphatic heterocycles. The number of nitrogens with one attached hydrogen (secondary N) is 1. The molecule has 1 aliphatic carbocycles. The number of ether oxygens (including phenoxy) is 1. The number of carbonyl (C=O) groups is 1. The number of sulfonamides is 1. The van der Waals surface area contributed by atoms with Crippen molar-refractivity contribution in [2.75, 3.05) is 23.9 Å². The van der Waals surface area contributed by atoms with Crippen LogP contribution in [0.5, 0.6) is 5.75 Å². The molecule has 3 aromatic carbocycles. The second kappa shape index (κ2) is 10.3. The van der Waals surface area contributed by atoms with Crippen molar-refractivity contribution in [3.05, 3.63) is 71.5 Å². The van der Waals surface area contributed by atoms with Gasteiger partial charge in [0.1, 0.15) is 24.6 Å². The van der Waals surface area contributed by atoms with Crippen LogP contribution in [-0.4, -0.2) is 51.9 Å². The van der Waals surface area contributed by atoms with E-state index in [1.54, 1.807) is 22.5 Å². The van der Waals surface area contributed by atoms with Gasteiger partial charge in [0.25, 0.3) is 5.91 Å². The second-order valence-corrected chi connectivity index (χ2v) is 14.5. The predicted octanol–water partition coefficient (Wildman–Crippen LogP) is 3.49. The van der Waals surface area contributed by atoms with Crippen LogP contribution in [0, 0.1) is 11.7 Å². The Morgan fingerprint density at radius 2 is 1.70 bits per heavy atom. The van der Waals surface area contributed by atoms with Gasteiger partial charge in [-0.15, -0.1) is 0 Å². The summed E-state index contributed by atoms with van der Waals surface area (Å²) in [7, 11) is -7.46. The van der Waals surface area contributed by atoms with E-state index in [0.29, 0.717) is 29.2 Å². The van der Waals surface area contributed by atoms with E-state index in [-0.39, 0.29) is 34.6 Å². The van der Waals surface area contributed by atoms with Gasteiger partial charge in [0.05, 0.1) is 5.25 Å². The Kier molecular flexibility index (Phi) is 6.96. The van der Waals surface area contributed by atoms with Gasteiger partial charge in [-0.1, -0.05) is 42.5 Å². The Hall–Kier alpha value is -3.22. The highest BCUT2D eigenvalue weighted by molar-refractivity contribution is 7.92. The van der Waals surface area contributed by atoms with Gasteiger partial charge < -0.3 is 4.74 Å². The van der Waals surface area contributed by atoms with Crippen LogP contribution in [0.2, 0.25) is 0 Å². The summed E-state index contributed by atoms with van der Waals surface area (Å²) in [5, 5.41) is 0.547. The van der Waals surface area contributed by atoms with Crippen molar-refractivity contribution in [1.29, 1.82) is 0 Å². The van der Waals surface area contributed by atoms with Crippen molar-refractivity contribution in [3.8, 4) is 5.75 Å². The zero-order chi connectivity index (χ0) is 28.1. The minimum Gasteiger partial charge on any atom is -0.487 e. The Morgan fingerprint density at radius 3 is 2.35 bits per heavy atom. The van der Waals surface area contributed by atoms with Crippen LogP contribution < -0.4 is 13.8 Å². The minimum absolute atomic E-state index is 0.0194. The SMILES string of the molecule is O=C1CN(c2c(OCc3ccccc3)cc3ccc(CC4CCN(S(=O)(=O)C5CC5)CC4)cc3c2F)S(=O)(=O)N1. The van der Waals surface area contributed by atoms with Gasteiger partial charge in [0.2, 0.25) is 10.0 Å². The number of carbonyl (C=O) groups excluding carboxylic acids is 1. The summed E-state index contributed by atoms with van der Waals surface area (Å²) in [5.41, 5.74) is 1.38. The first-order valence-corrected chi connectivity index (χ1v) is 16.3. The van der Waals surface area contributed by atoms with E-state index in [4.69, 9.17) is 4.74 Å². The Labute approximate surface area is 233 Å². The van der Waals surface area contributed by atoms with Gasteiger partial charge >= 0.3 is 10.2 Å². The minimum atomic E-state index is -4.28. The van der Waals surface area contributed by atoms with Crippen LogP contribution in [0.25, 0.3) is 10.8 Å². The van der Waals surface area contributed by atoms with Crippen LogP contribution in [0.1, 0.15) is 36.8 Å². The summed E-state index contributed by atoms with van der Waals surface area (Å²) in [6, 6.07) is 16.2. The summed E-state index contributed by atoms with van der Waals surface area (Å²) < 4.78 is 76.8. The van der Waals surface area contributed by atoms with E-state index in [1.165, 1.54) is 0 Å². The number of amides is 1. The maximum Gasteiger partial charge on any atom is 0.326 e. The predicted molar refractivity (Wildman–Crippen MR) is 149 cm³/mol. The quantitative estimate of drug-likeness (QED) is 0.432. The third-order valence-electron chi connectivity index (χ3n) is 7.79. The van der Waals surface area contributed by atoms with E-state index < -0.39 is 38.5 Å². The summed E-state index contributed by atoms with van der Waals surface area (Å²) in [6.07, 6.45) is 3.59. The molecule has 6 rings (SSSR count). The van der Waals surface area contributed by atoms with Crippen molar-refractivity contribution in [2.45, 2.75) is 44.0 Å². The molecule has 1 amide bonds. The first-order valence-electron chi connectivity index (χ1n) is 13.4. The van der Waals surface area contributed by atoms with Gasteiger partial charge in [-0.3, -0.25) is 4.79 Å². The molecule has 3 aromatic rings. The highest BCUT2D eigenvalue weighted by Crippen LogP contribution is 2.40. The zero-order valence-electron chi connectivity index (χ0n) is 21.8. The lowest BCUT2D eigenvalue weighted by atomic mass is 9.90. The number of benzene rings is 3. The molecule has 0 aromatic heterocycles. The normalized spacial score (nSPS) is 20.1. The number of hydrogen-bond acceptors (Lipinski definition) is 6. The summed E-state index contributed by atoms with van der Waals surface area (Å²) in [4.78, 5) is 12.0. The molecule has 9 nitrogen and oxygen atoms in total. The molecule has 2 heterocycles. The molecule has 1 N–H and O–H groups in total. The molecule has 2 saturated heterocycles. The maximum atomic E-state index is 16.2. The first-order chi connectivity index (χ1) is 19.1. The lowest BCUT2D eigenvalue weighted by Gasteiger charge is -2.31. The molecule has 0 radical (unpaired) electrons. The molecule has 0 spiro atoms. The smallest absolute Gasteiger partial charge is 0.326 e. The fourth-order valence-electron chi connectivity index (χ4n) is 5.49.